The minimum Gasteiger partial charge on any atom is -0.497 e. The fourth-order valence-electron chi connectivity index (χ4n) is 4.28. The van der Waals surface area contributed by atoms with Gasteiger partial charge in [-0.05, 0) is 54.8 Å². The number of ether oxygens (including phenoxy) is 2. The maximum atomic E-state index is 13.1. The highest BCUT2D eigenvalue weighted by molar-refractivity contribution is 7.89. The van der Waals surface area contributed by atoms with Gasteiger partial charge in [0.1, 0.15) is 5.75 Å². The van der Waals surface area contributed by atoms with Gasteiger partial charge in [-0.2, -0.15) is 4.31 Å². The lowest BCUT2D eigenvalue weighted by molar-refractivity contribution is -0.120. The summed E-state index contributed by atoms with van der Waals surface area (Å²) < 4.78 is 38.1. The van der Waals surface area contributed by atoms with E-state index in [-0.39, 0.29) is 17.3 Å². The first-order chi connectivity index (χ1) is 16.0. The minimum atomic E-state index is -3.67. The molecule has 2 heterocycles. The highest BCUT2D eigenvalue weighted by Crippen LogP contribution is 2.26. The highest BCUT2D eigenvalue weighted by atomic mass is 32.2. The van der Waals surface area contributed by atoms with Crippen LogP contribution in [-0.2, 0) is 26.1 Å². The minimum absolute atomic E-state index is 0.145. The molecule has 0 saturated carbocycles. The summed E-state index contributed by atoms with van der Waals surface area (Å²) in [5.41, 5.74) is 1.86. The Labute approximate surface area is 195 Å². The van der Waals surface area contributed by atoms with E-state index in [2.05, 4.69) is 16.3 Å². The van der Waals surface area contributed by atoms with Gasteiger partial charge in [0.05, 0.1) is 31.1 Å². The number of piperidine rings is 1. The van der Waals surface area contributed by atoms with Gasteiger partial charge in [0.15, 0.2) is 0 Å². The normalized spacial score (nSPS) is 20.3. The van der Waals surface area contributed by atoms with Crippen molar-refractivity contribution in [3.63, 3.8) is 0 Å². The van der Waals surface area contributed by atoms with Crippen LogP contribution >= 0.6 is 0 Å². The fraction of sp³-hybridized carbons (Fsp3) is 0.458. The van der Waals surface area contributed by atoms with Crippen molar-refractivity contribution >= 4 is 21.6 Å². The van der Waals surface area contributed by atoms with Crippen LogP contribution in [-0.4, -0.2) is 70.0 Å². The second kappa shape index (κ2) is 10.6. The molecule has 2 saturated heterocycles. The third-order valence-corrected chi connectivity index (χ3v) is 8.04. The van der Waals surface area contributed by atoms with Crippen molar-refractivity contribution in [3.8, 4) is 5.75 Å². The summed E-state index contributed by atoms with van der Waals surface area (Å²) in [6.07, 6.45) is 1.30. The molecule has 2 aliphatic heterocycles. The Morgan fingerprint density at radius 3 is 2.61 bits per heavy atom. The summed E-state index contributed by atoms with van der Waals surface area (Å²) in [7, 11) is -2.13. The first kappa shape index (κ1) is 23.7. The molecule has 2 fully saturated rings. The SMILES string of the molecule is COc1ccc(S(=O)(=O)N2CCCC(C(=O)Nc3cccc(CN4CCOCC4)c3)C2)cc1. The van der Waals surface area contributed by atoms with Crippen LogP contribution in [0, 0.1) is 5.92 Å². The van der Waals surface area contributed by atoms with Crippen molar-refractivity contribution in [2.24, 2.45) is 5.92 Å². The van der Waals surface area contributed by atoms with Crippen LogP contribution in [0.25, 0.3) is 0 Å². The Bertz CT molecular complexity index is 1050. The lowest BCUT2D eigenvalue weighted by atomic mass is 9.98. The number of nitrogens with one attached hydrogen (secondary N) is 1. The van der Waals surface area contributed by atoms with Gasteiger partial charge in [-0.1, -0.05) is 12.1 Å². The molecular weight excluding hydrogens is 442 g/mol. The predicted molar refractivity (Wildman–Crippen MR) is 126 cm³/mol. The molecule has 2 aromatic rings. The summed E-state index contributed by atoms with van der Waals surface area (Å²) in [4.78, 5) is 15.5. The number of carbonyl (C=O) groups is 1. The predicted octanol–water partition coefficient (Wildman–Crippen LogP) is 2.57. The summed E-state index contributed by atoms with van der Waals surface area (Å²) >= 11 is 0. The van der Waals surface area contributed by atoms with Gasteiger partial charge in [-0.15, -0.1) is 0 Å². The molecule has 33 heavy (non-hydrogen) atoms. The van der Waals surface area contributed by atoms with Gasteiger partial charge in [0, 0.05) is 38.4 Å². The Balaban J connectivity index is 1.39. The van der Waals surface area contributed by atoms with Crippen LogP contribution < -0.4 is 10.1 Å². The quantitative estimate of drug-likeness (QED) is 0.665. The van der Waals surface area contributed by atoms with E-state index in [0.29, 0.717) is 25.1 Å². The number of hydrogen-bond donors (Lipinski definition) is 1. The number of hydrogen-bond acceptors (Lipinski definition) is 6. The van der Waals surface area contributed by atoms with Gasteiger partial charge in [0.2, 0.25) is 15.9 Å². The van der Waals surface area contributed by atoms with Gasteiger partial charge in [-0.25, -0.2) is 8.42 Å². The van der Waals surface area contributed by atoms with Crippen molar-refractivity contribution in [3.05, 3.63) is 54.1 Å². The van der Waals surface area contributed by atoms with Gasteiger partial charge >= 0.3 is 0 Å². The fourth-order valence-corrected chi connectivity index (χ4v) is 5.80. The van der Waals surface area contributed by atoms with E-state index in [4.69, 9.17) is 9.47 Å². The molecule has 0 aliphatic carbocycles. The molecule has 1 atom stereocenters. The smallest absolute Gasteiger partial charge is 0.243 e. The summed E-state index contributed by atoms with van der Waals surface area (Å²) in [5.74, 6) is 0.0588. The number of methoxy groups -OCH3 is 1. The van der Waals surface area contributed by atoms with Crippen molar-refractivity contribution < 1.29 is 22.7 Å². The zero-order chi connectivity index (χ0) is 23.3. The lowest BCUT2D eigenvalue weighted by Gasteiger charge is -2.31. The van der Waals surface area contributed by atoms with E-state index in [1.165, 1.54) is 23.5 Å². The molecule has 2 aliphatic rings. The first-order valence-corrected chi connectivity index (χ1v) is 12.7. The number of nitrogens with zero attached hydrogens (tertiary/aromatic N) is 2. The third kappa shape index (κ3) is 5.92. The first-order valence-electron chi connectivity index (χ1n) is 11.3. The number of carbonyl (C=O) groups excluding carboxylic acids is 1. The van der Waals surface area contributed by atoms with Crippen molar-refractivity contribution in [1.82, 2.24) is 9.21 Å². The molecule has 0 radical (unpaired) electrons. The van der Waals surface area contributed by atoms with E-state index >= 15 is 0 Å². The molecule has 178 valence electrons. The molecular formula is C24H31N3O5S. The van der Waals surface area contributed by atoms with Crippen molar-refractivity contribution in [2.75, 3.05) is 51.8 Å². The van der Waals surface area contributed by atoms with Crippen molar-refractivity contribution in [2.45, 2.75) is 24.3 Å². The monoisotopic (exact) mass is 473 g/mol. The number of rotatable bonds is 7. The van der Waals surface area contributed by atoms with Crippen LogP contribution in [0.5, 0.6) is 5.75 Å². The Morgan fingerprint density at radius 2 is 1.88 bits per heavy atom. The summed E-state index contributed by atoms with van der Waals surface area (Å²) in [6, 6.07) is 14.2. The molecule has 1 N–H and O–H groups in total. The van der Waals surface area contributed by atoms with Crippen LogP contribution in [0.4, 0.5) is 5.69 Å². The van der Waals surface area contributed by atoms with Crippen LogP contribution in [0.2, 0.25) is 0 Å². The Hall–Kier alpha value is -2.46. The van der Waals surface area contributed by atoms with Gasteiger partial charge < -0.3 is 14.8 Å². The van der Waals surface area contributed by atoms with Crippen molar-refractivity contribution in [1.29, 1.82) is 0 Å². The van der Waals surface area contributed by atoms with Crippen LogP contribution in [0.1, 0.15) is 18.4 Å². The largest absolute Gasteiger partial charge is 0.497 e. The van der Waals surface area contributed by atoms with Gasteiger partial charge in [-0.3, -0.25) is 9.69 Å². The molecule has 0 spiro atoms. The zero-order valence-corrected chi connectivity index (χ0v) is 19.7. The molecule has 9 heteroatoms. The average molecular weight is 474 g/mol. The highest BCUT2D eigenvalue weighted by Gasteiger charge is 2.33. The van der Waals surface area contributed by atoms with Crippen LogP contribution in [0.3, 0.4) is 0 Å². The molecule has 4 rings (SSSR count). The molecule has 2 aromatic carbocycles. The summed E-state index contributed by atoms with van der Waals surface area (Å²) in [6.45, 7) is 4.68. The molecule has 8 nitrogen and oxygen atoms in total. The van der Waals surface area contributed by atoms with E-state index in [0.717, 1.165) is 44.1 Å². The molecule has 1 amide bonds. The number of morpholine rings is 1. The number of anilines is 1. The summed E-state index contributed by atoms with van der Waals surface area (Å²) in [5, 5.41) is 3.00. The second-order valence-corrected chi connectivity index (χ2v) is 10.4. The molecule has 1 unspecified atom stereocenters. The standard InChI is InChI=1S/C24H31N3O5S/c1-31-22-7-9-23(10-8-22)33(29,30)27-11-3-5-20(18-27)24(28)25-21-6-2-4-19(16-21)17-26-12-14-32-15-13-26/h2,4,6-10,16,20H,3,5,11-15,17-18H2,1H3,(H,25,28). The maximum absolute atomic E-state index is 13.1. The van der Waals surface area contributed by atoms with E-state index in [1.54, 1.807) is 12.1 Å². The molecule has 0 bridgehead atoms. The van der Waals surface area contributed by atoms with Crippen LogP contribution in [0.15, 0.2) is 53.4 Å². The third-order valence-electron chi connectivity index (χ3n) is 6.16. The lowest BCUT2D eigenvalue weighted by Crippen LogP contribution is -2.43. The van der Waals surface area contributed by atoms with E-state index < -0.39 is 15.9 Å². The average Bonchev–Trinajstić information content (AvgIpc) is 2.85. The topological polar surface area (TPSA) is 88.2 Å². The number of benzene rings is 2. The second-order valence-electron chi connectivity index (χ2n) is 8.46. The zero-order valence-electron chi connectivity index (χ0n) is 18.9. The number of sulfonamides is 1. The number of amides is 1. The van der Waals surface area contributed by atoms with E-state index in [9.17, 15) is 13.2 Å². The maximum Gasteiger partial charge on any atom is 0.243 e. The van der Waals surface area contributed by atoms with Gasteiger partial charge in [0.25, 0.3) is 0 Å². The molecule has 0 aromatic heterocycles. The Kier molecular flexibility index (Phi) is 7.64. The van der Waals surface area contributed by atoms with E-state index in [1.807, 2.05) is 18.2 Å². The Morgan fingerprint density at radius 1 is 1.12 bits per heavy atom.